The minimum Gasteiger partial charge on any atom is -0.481 e. The summed E-state index contributed by atoms with van der Waals surface area (Å²) in [5.74, 6) is -1.34. The van der Waals surface area contributed by atoms with Crippen molar-refractivity contribution < 1.29 is 54.4 Å². The molecule has 0 amide bonds. The summed E-state index contributed by atoms with van der Waals surface area (Å²) in [6.45, 7) is 2.64. The van der Waals surface area contributed by atoms with Gasteiger partial charge in [-0.15, -0.1) is 0 Å². The maximum absolute atomic E-state index is 12.9. The second-order valence-electron chi connectivity index (χ2n) is 17.6. The van der Waals surface area contributed by atoms with Crippen LogP contribution < -0.4 is 16.4 Å². The number of carboxylic acid groups (broad SMARTS) is 1. The summed E-state index contributed by atoms with van der Waals surface area (Å²) in [7, 11) is 1.59. The van der Waals surface area contributed by atoms with E-state index in [0.717, 1.165) is 51.5 Å². The summed E-state index contributed by atoms with van der Waals surface area (Å²) >= 11 is 0. The second kappa shape index (κ2) is 19.0. The fourth-order valence-electron chi connectivity index (χ4n) is 11.7. The zero-order valence-electron chi connectivity index (χ0n) is 32.3. The zero-order valence-corrected chi connectivity index (χ0v) is 32.3. The van der Waals surface area contributed by atoms with Crippen molar-refractivity contribution in [3.8, 4) is 0 Å². The molecule has 18 unspecified atom stereocenters. The molecule has 14 heteroatoms. The van der Waals surface area contributed by atoms with Gasteiger partial charge in [0.25, 0.3) is 0 Å². The summed E-state index contributed by atoms with van der Waals surface area (Å²) in [5, 5.41) is 70.4. The van der Waals surface area contributed by atoms with E-state index in [1.165, 1.54) is 0 Å². The summed E-state index contributed by atoms with van der Waals surface area (Å²) in [6.07, 6.45) is 8.44. The molecule has 0 aromatic heterocycles. The molecule has 0 aromatic carbocycles. The maximum Gasteiger partial charge on any atom is 0.311 e. The largest absolute Gasteiger partial charge is 0.481 e. The molecule has 10 N–H and O–H groups in total. The van der Waals surface area contributed by atoms with Crippen molar-refractivity contribution in [1.29, 1.82) is 0 Å². The highest BCUT2D eigenvalue weighted by Crippen LogP contribution is 2.56. The molecule has 3 saturated heterocycles. The van der Waals surface area contributed by atoms with E-state index >= 15 is 0 Å². The third-order valence-electron chi connectivity index (χ3n) is 14.5. The highest BCUT2D eigenvalue weighted by Gasteiger charge is 2.59. The molecule has 18 atom stereocenters. The van der Waals surface area contributed by atoms with Gasteiger partial charge in [-0.25, -0.2) is 0 Å². The number of piperidine rings is 2. The predicted molar refractivity (Wildman–Crippen MR) is 199 cm³/mol. The van der Waals surface area contributed by atoms with Gasteiger partial charge in [0, 0.05) is 37.1 Å². The standard InChI is InChI=1S/C40H69N3O11/c1-22-9-12-40(28(6-7-29(40)39(49)50)24-10-13-42-36(41)18-24)35(43-22)20-52-34-17-25(16-33(51-2)37(34)48)38-27(11-14-44)31(47)19-26(54-38)5-3-23-4-8-30(46)32(15-23)53-21-45/h6-7,22-38,42-48H,3-5,8-21,41H2,1-2H3,(H,49,50). The Kier molecular flexibility index (Phi) is 14.9. The quantitative estimate of drug-likeness (QED) is 0.0897. The van der Waals surface area contributed by atoms with Gasteiger partial charge >= 0.3 is 5.97 Å². The van der Waals surface area contributed by atoms with E-state index in [1.807, 2.05) is 6.08 Å². The molecule has 1 spiro atoms. The molecule has 3 aliphatic carbocycles. The molecule has 0 bridgehead atoms. The first-order valence-corrected chi connectivity index (χ1v) is 20.8. The van der Waals surface area contributed by atoms with Gasteiger partial charge in [0.05, 0.1) is 61.4 Å². The van der Waals surface area contributed by atoms with Crippen LogP contribution in [0.3, 0.4) is 0 Å². The van der Waals surface area contributed by atoms with Crippen molar-refractivity contribution >= 4 is 5.97 Å². The maximum atomic E-state index is 12.9. The SMILES string of the molecule is COC1CC(C2OC(CCC3CCC(O)C(OCO)C3)CC(O)C2CCO)CC(OCC2NC(C)CCC23C(C(=O)O)C=CC3C2CCNC(N)C2)C1O. The van der Waals surface area contributed by atoms with E-state index in [0.29, 0.717) is 44.4 Å². The van der Waals surface area contributed by atoms with E-state index < -0.39 is 54.6 Å². The first kappa shape index (κ1) is 42.3. The Morgan fingerprint density at radius 3 is 2.43 bits per heavy atom. The monoisotopic (exact) mass is 767 g/mol. The normalized spacial score (nSPS) is 47.2. The van der Waals surface area contributed by atoms with Gasteiger partial charge in [-0.3, -0.25) is 4.79 Å². The number of carbonyl (C=O) groups is 1. The summed E-state index contributed by atoms with van der Waals surface area (Å²) < 4.78 is 24.8. The Bertz CT molecular complexity index is 1230. The van der Waals surface area contributed by atoms with Gasteiger partial charge in [0.15, 0.2) is 0 Å². The lowest BCUT2D eigenvalue weighted by molar-refractivity contribution is -0.201. The van der Waals surface area contributed by atoms with Crippen LogP contribution in [-0.2, 0) is 23.7 Å². The molecule has 6 aliphatic rings. The Morgan fingerprint density at radius 2 is 1.70 bits per heavy atom. The molecule has 54 heavy (non-hydrogen) atoms. The highest BCUT2D eigenvalue weighted by molar-refractivity contribution is 5.74. The molecule has 2 saturated carbocycles. The highest BCUT2D eigenvalue weighted by atomic mass is 16.6. The Morgan fingerprint density at radius 1 is 0.907 bits per heavy atom. The molecule has 3 heterocycles. The van der Waals surface area contributed by atoms with Crippen LogP contribution >= 0.6 is 0 Å². The number of aliphatic hydroxyl groups excluding tert-OH is 5. The predicted octanol–water partition coefficient (Wildman–Crippen LogP) is 1.25. The Balaban J connectivity index is 1.17. The van der Waals surface area contributed by atoms with E-state index in [2.05, 4.69) is 23.6 Å². The topological polar surface area (TPSA) is 225 Å². The van der Waals surface area contributed by atoms with Crippen LogP contribution in [0.1, 0.15) is 90.4 Å². The lowest BCUT2D eigenvalue weighted by Gasteiger charge is -2.53. The van der Waals surface area contributed by atoms with Crippen LogP contribution in [0.5, 0.6) is 0 Å². The summed E-state index contributed by atoms with van der Waals surface area (Å²) in [6, 6.07) is -0.101. The third-order valence-corrected chi connectivity index (χ3v) is 14.5. The van der Waals surface area contributed by atoms with Gasteiger partial charge in [-0.1, -0.05) is 12.2 Å². The lowest BCUT2D eigenvalue weighted by atomic mass is 9.57. The number of hydrogen-bond acceptors (Lipinski definition) is 13. The second-order valence-corrected chi connectivity index (χ2v) is 17.6. The zero-order chi connectivity index (χ0) is 38.6. The van der Waals surface area contributed by atoms with Crippen molar-refractivity contribution in [2.75, 3.05) is 33.7 Å². The number of nitrogens with two attached hydrogens (primary N) is 1. The summed E-state index contributed by atoms with van der Waals surface area (Å²) in [5.41, 5.74) is 5.76. The van der Waals surface area contributed by atoms with Gasteiger partial charge in [-0.2, -0.15) is 0 Å². The lowest BCUT2D eigenvalue weighted by Crippen LogP contribution is -2.63. The first-order valence-electron chi connectivity index (χ1n) is 20.8. The van der Waals surface area contributed by atoms with Gasteiger partial charge in [-0.05, 0) is 121 Å². The van der Waals surface area contributed by atoms with Crippen molar-refractivity contribution in [2.45, 2.75) is 157 Å². The smallest absolute Gasteiger partial charge is 0.311 e. The first-order chi connectivity index (χ1) is 26.0. The van der Waals surface area contributed by atoms with Crippen molar-refractivity contribution in [1.82, 2.24) is 10.6 Å². The van der Waals surface area contributed by atoms with Gasteiger partial charge < -0.3 is 66.0 Å². The van der Waals surface area contributed by atoms with Crippen LogP contribution in [0.2, 0.25) is 0 Å². The molecular formula is C40H69N3O11. The number of nitrogens with one attached hydrogen (secondary N) is 2. The number of aliphatic carboxylic acids is 1. The van der Waals surface area contributed by atoms with Crippen LogP contribution in [0, 0.1) is 40.9 Å². The number of carboxylic acids is 1. The van der Waals surface area contributed by atoms with E-state index in [-0.39, 0.29) is 73.4 Å². The van der Waals surface area contributed by atoms with Crippen LogP contribution in [-0.4, -0.2) is 137 Å². The number of hydrogen-bond donors (Lipinski definition) is 9. The molecule has 0 radical (unpaired) electrons. The molecule has 6 rings (SSSR count). The number of aliphatic hydroxyl groups is 5. The third kappa shape index (κ3) is 9.21. The van der Waals surface area contributed by atoms with E-state index in [9.17, 15) is 35.4 Å². The molecule has 5 fully saturated rings. The number of rotatable bonds is 14. The fraction of sp³-hybridized carbons (Fsp3) is 0.925. The van der Waals surface area contributed by atoms with Crippen LogP contribution in [0.25, 0.3) is 0 Å². The van der Waals surface area contributed by atoms with Crippen molar-refractivity contribution in [3.63, 3.8) is 0 Å². The van der Waals surface area contributed by atoms with Crippen molar-refractivity contribution in [3.05, 3.63) is 12.2 Å². The van der Waals surface area contributed by atoms with Crippen LogP contribution in [0.4, 0.5) is 0 Å². The molecule has 310 valence electrons. The molecular weight excluding hydrogens is 698 g/mol. The van der Waals surface area contributed by atoms with Gasteiger partial charge in [0.1, 0.15) is 12.9 Å². The van der Waals surface area contributed by atoms with Gasteiger partial charge in [0.2, 0.25) is 0 Å². The minimum atomic E-state index is -0.908. The average Bonchev–Trinajstić information content (AvgIpc) is 3.54. The summed E-state index contributed by atoms with van der Waals surface area (Å²) in [4.78, 5) is 12.9. The van der Waals surface area contributed by atoms with E-state index in [1.54, 1.807) is 7.11 Å². The Labute approximate surface area is 320 Å². The number of allylic oxidation sites excluding steroid dienone is 1. The minimum absolute atomic E-state index is 0.0242. The molecule has 3 aliphatic heterocycles. The molecule has 0 aromatic rings. The number of ether oxygens (including phenoxy) is 4. The average molecular weight is 768 g/mol. The fourth-order valence-corrected chi connectivity index (χ4v) is 11.7. The van der Waals surface area contributed by atoms with Crippen molar-refractivity contribution in [2.24, 2.45) is 46.7 Å². The van der Waals surface area contributed by atoms with E-state index in [4.69, 9.17) is 24.7 Å². The molecule has 14 nitrogen and oxygen atoms in total. The van der Waals surface area contributed by atoms with Crippen LogP contribution in [0.15, 0.2) is 12.2 Å². The Hall–Kier alpha value is -1.27. The number of methoxy groups -OCH3 is 1.